The summed E-state index contributed by atoms with van der Waals surface area (Å²) < 4.78 is 1.69. The molecule has 2 aromatic heterocycles. The van der Waals surface area contributed by atoms with Gasteiger partial charge in [0.05, 0.1) is 5.52 Å². The molecule has 0 bridgehead atoms. The maximum atomic E-state index is 6.41. The van der Waals surface area contributed by atoms with Gasteiger partial charge in [-0.1, -0.05) is 57.2 Å². The average molecular weight is 359 g/mol. The standard InChI is InChI=1S/C22H25N5/c1-4-8-17-25-20-21(27(17)24)16-12-11-15(14-9-6-5-7-10-14)18(13(2)3)19(16)26-22(20)23/h5-7,9-13H,4,8,24H2,1-3H3,(H2,23,26). The molecule has 27 heavy (non-hydrogen) atoms. The Hall–Kier alpha value is -3.08. The van der Waals surface area contributed by atoms with E-state index >= 15 is 0 Å². The molecule has 138 valence electrons. The van der Waals surface area contributed by atoms with Crippen LogP contribution in [0.15, 0.2) is 42.5 Å². The van der Waals surface area contributed by atoms with E-state index in [0.717, 1.165) is 35.1 Å². The molecule has 2 aromatic carbocycles. The molecule has 0 unspecified atom stereocenters. The topological polar surface area (TPSA) is 82.8 Å². The molecule has 2 heterocycles. The van der Waals surface area contributed by atoms with E-state index < -0.39 is 0 Å². The number of hydrogen-bond donors (Lipinski definition) is 2. The van der Waals surface area contributed by atoms with Gasteiger partial charge in [0.2, 0.25) is 0 Å². The predicted octanol–water partition coefficient (Wildman–Crippen LogP) is 4.62. The molecule has 0 saturated carbocycles. The van der Waals surface area contributed by atoms with Crippen molar-refractivity contribution >= 4 is 27.8 Å². The van der Waals surface area contributed by atoms with Gasteiger partial charge in [-0.2, -0.15) is 0 Å². The molecular weight excluding hydrogens is 334 g/mol. The van der Waals surface area contributed by atoms with Crippen LogP contribution in [0.3, 0.4) is 0 Å². The van der Waals surface area contributed by atoms with Gasteiger partial charge in [-0.3, -0.25) is 0 Å². The fraction of sp³-hybridized carbons (Fsp3) is 0.273. The van der Waals surface area contributed by atoms with Gasteiger partial charge in [-0.25, -0.2) is 14.6 Å². The second-order valence-electron chi connectivity index (χ2n) is 7.29. The van der Waals surface area contributed by atoms with Crippen molar-refractivity contribution in [1.82, 2.24) is 14.6 Å². The Morgan fingerprint density at radius 2 is 1.74 bits per heavy atom. The number of nitrogens with two attached hydrogens (primary N) is 2. The molecule has 0 amide bonds. The average Bonchev–Trinajstić information content (AvgIpc) is 2.99. The number of aromatic nitrogens is 3. The highest BCUT2D eigenvalue weighted by molar-refractivity contribution is 6.09. The summed E-state index contributed by atoms with van der Waals surface area (Å²) in [6.07, 6.45) is 1.78. The van der Waals surface area contributed by atoms with Crippen molar-refractivity contribution in [2.45, 2.75) is 39.5 Å². The quantitative estimate of drug-likeness (QED) is 0.521. The number of hydrogen-bond acceptors (Lipinski definition) is 4. The van der Waals surface area contributed by atoms with Crippen molar-refractivity contribution in [2.75, 3.05) is 11.6 Å². The number of fused-ring (bicyclic) bond motifs is 3. The van der Waals surface area contributed by atoms with Gasteiger partial charge < -0.3 is 11.6 Å². The van der Waals surface area contributed by atoms with Crippen LogP contribution in [0, 0.1) is 0 Å². The number of rotatable bonds is 4. The summed E-state index contributed by atoms with van der Waals surface area (Å²) in [5.74, 6) is 7.97. The largest absolute Gasteiger partial charge is 0.382 e. The zero-order valence-electron chi connectivity index (χ0n) is 16.0. The van der Waals surface area contributed by atoms with Crippen LogP contribution in [0.25, 0.3) is 33.1 Å². The first-order chi connectivity index (χ1) is 13.0. The molecule has 0 radical (unpaired) electrons. The molecule has 0 aliphatic rings. The smallest absolute Gasteiger partial charge is 0.152 e. The molecule has 0 atom stereocenters. The second kappa shape index (κ2) is 6.58. The molecule has 0 aliphatic carbocycles. The van der Waals surface area contributed by atoms with Crippen LogP contribution >= 0.6 is 0 Å². The van der Waals surface area contributed by atoms with Gasteiger partial charge >= 0.3 is 0 Å². The third-order valence-electron chi connectivity index (χ3n) is 5.07. The Balaban J connectivity index is 2.11. The van der Waals surface area contributed by atoms with Crippen LogP contribution in [0.4, 0.5) is 5.82 Å². The van der Waals surface area contributed by atoms with Gasteiger partial charge in [0.15, 0.2) is 5.82 Å². The number of pyridine rings is 1. The first kappa shape index (κ1) is 17.3. The monoisotopic (exact) mass is 359 g/mol. The molecule has 0 saturated heterocycles. The van der Waals surface area contributed by atoms with E-state index in [1.807, 2.05) is 6.07 Å². The zero-order chi connectivity index (χ0) is 19.1. The van der Waals surface area contributed by atoms with E-state index in [9.17, 15) is 0 Å². The highest BCUT2D eigenvalue weighted by Gasteiger charge is 2.20. The highest BCUT2D eigenvalue weighted by atomic mass is 15.3. The second-order valence-corrected chi connectivity index (χ2v) is 7.29. The minimum atomic E-state index is 0.289. The highest BCUT2D eigenvalue weighted by Crippen LogP contribution is 2.38. The summed E-state index contributed by atoms with van der Waals surface area (Å²) in [5, 5.41) is 1.000. The molecular formula is C22H25N5. The number of aryl methyl sites for hydroxylation is 1. The molecule has 4 rings (SSSR count). The zero-order valence-corrected chi connectivity index (χ0v) is 16.0. The summed E-state index contributed by atoms with van der Waals surface area (Å²) >= 11 is 0. The van der Waals surface area contributed by atoms with E-state index in [-0.39, 0.29) is 5.92 Å². The van der Waals surface area contributed by atoms with Gasteiger partial charge in [0, 0.05) is 11.8 Å². The summed E-state index contributed by atoms with van der Waals surface area (Å²) in [5.41, 5.74) is 12.3. The van der Waals surface area contributed by atoms with Crippen molar-refractivity contribution in [2.24, 2.45) is 0 Å². The third-order valence-corrected chi connectivity index (χ3v) is 5.07. The van der Waals surface area contributed by atoms with Crippen molar-refractivity contribution in [3.05, 3.63) is 53.9 Å². The number of nitrogens with zero attached hydrogens (tertiary/aromatic N) is 3. The summed E-state index contributed by atoms with van der Waals surface area (Å²) in [4.78, 5) is 9.43. The van der Waals surface area contributed by atoms with E-state index in [0.29, 0.717) is 11.3 Å². The molecule has 5 nitrogen and oxygen atoms in total. The number of anilines is 1. The minimum Gasteiger partial charge on any atom is -0.382 e. The molecule has 4 N–H and O–H groups in total. The van der Waals surface area contributed by atoms with E-state index in [2.05, 4.69) is 62.2 Å². The Bertz CT molecular complexity index is 1130. The van der Waals surface area contributed by atoms with Crippen LogP contribution in [0.5, 0.6) is 0 Å². The SMILES string of the molecule is CCCc1nc2c(N)nc3c(C(C)C)c(-c4ccccc4)ccc3c2n1N. The van der Waals surface area contributed by atoms with Crippen molar-refractivity contribution in [3.8, 4) is 11.1 Å². The molecule has 4 aromatic rings. The first-order valence-corrected chi connectivity index (χ1v) is 9.46. The van der Waals surface area contributed by atoms with E-state index in [1.165, 1.54) is 16.7 Å². The normalized spacial score (nSPS) is 11.7. The molecule has 0 aliphatic heterocycles. The van der Waals surface area contributed by atoms with Crippen LogP contribution in [0.1, 0.15) is 44.5 Å². The van der Waals surface area contributed by atoms with Crippen LogP contribution in [-0.2, 0) is 6.42 Å². The van der Waals surface area contributed by atoms with Crippen LogP contribution < -0.4 is 11.6 Å². The predicted molar refractivity (Wildman–Crippen MR) is 113 cm³/mol. The summed E-state index contributed by atoms with van der Waals surface area (Å²) in [6.45, 7) is 6.49. The lowest BCUT2D eigenvalue weighted by Crippen LogP contribution is -2.12. The first-order valence-electron chi connectivity index (χ1n) is 9.46. The van der Waals surface area contributed by atoms with E-state index in [4.69, 9.17) is 16.6 Å². The Labute approximate surface area is 159 Å². The van der Waals surface area contributed by atoms with E-state index in [1.54, 1.807) is 4.68 Å². The fourth-order valence-electron chi connectivity index (χ4n) is 3.86. The molecule has 0 fully saturated rings. The van der Waals surface area contributed by atoms with Gasteiger partial charge in [-0.05, 0) is 35.1 Å². The summed E-state index contributed by atoms with van der Waals surface area (Å²) in [7, 11) is 0. The summed E-state index contributed by atoms with van der Waals surface area (Å²) in [6, 6.07) is 14.7. The number of imidazole rings is 1. The van der Waals surface area contributed by atoms with Crippen LogP contribution in [-0.4, -0.2) is 14.6 Å². The van der Waals surface area contributed by atoms with Crippen molar-refractivity contribution in [1.29, 1.82) is 0 Å². The Morgan fingerprint density at radius 3 is 2.41 bits per heavy atom. The maximum Gasteiger partial charge on any atom is 0.152 e. The van der Waals surface area contributed by atoms with Gasteiger partial charge in [-0.15, -0.1) is 0 Å². The lowest BCUT2D eigenvalue weighted by Gasteiger charge is -2.17. The lowest BCUT2D eigenvalue weighted by molar-refractivity contribution is 0.802. The Morgan fingerprint density at radius 1 is 1.00 bits per heavy atom. The van der Waals surface area contributed by atoms with Gasteiger partial charge in [0.25, 0.3) is 0 Å². The lowest BCUT2D eigenvalue weighted by atomic mass is 9.90. The number of nitrogen functional groups attached to an aromatic ring is 2. The van der Waals surface area contributed by atoms with Crippen molar-refractivity contribution in [3.63, 3.8) is 0 Å². The van der Waals surface area contributed by atoms with Gasteiger partial charge in [0.1, 0.15) is 16.9 Å². The number of benzene rings is 2. The molecule has 5 heteroatoms. The maximum absolute atomic E-state index is 6.41. The minimum absolute atomic E-state index is 0.289. The fourth-order valence-corrected chi connectivity index (χ4v) is 3.86. The van der Waals surface area contributed by atoms with Crippen LogP contribution in [0.2, 0.25) is 0 Å². The third kappa shape index (κ3) is 2.70. The Kier molecular flexibility index (Phi) is 4.22. The molecule has 0 spiro atoms. The van der Waals surface area contributed by atoms with Crippen molar-refractivity contribution < 1.29 is 0 Å².